The van der Waals surface area contributed by atoms with Gasteiger partial charge in [0.05, 0.1) is 6.10 Å². The summed E-state index contributed by atoms with van der Waals surface area (Å²) in [6.07, 6.45) is 7.04. The lowest BCUT2D eigenvalue weighted by Crippen LogP contribution is -2.44. The Labute approximate surface area is 111 Å². The van der Waals surface area contributed by atoms with Gasteiger partial charge in [0.1, 0.15) is 0 Å². The molecule has 0 aromatic rings. The predicted molar refractivity (Wildman–Crippen MR) is 74.3 cm³/mol. The van der Waals surface area contributed by atoms with Crippen LogP contribution in [0.4, 0.5) is 0 Å². The van der Waals surface area contributed by atoms with Gasteiger partial charge in [-0.3, -0.25) is 4.79 Å². The van der Waals surface area contributed by atoms with Gasteiger partial charge in [0.25, 0.3) is 0 Å². The van der Waals surface area contributed by atoms with Gasteiger partial charge in [-0.05, 0) is 18.8 Å². The van der Waals surface area contributed by atoms with Gasteiger partial charge in [0.15, 0.2) is 0 Å². The Morgan fingerprint density at radius 2 is 1.78 bits per heavy atom. The molecule has 0 aromatic carbocycles. The van der Waals surface area contributed by atoms with Crippen molar-refractivity contribution in [1.29, 1.82) is 0 Å². The monoisotopic (exact) mass is 255 g/mol. The summed E-state index contributed by atoms with van der Waals surface area (Å²) in [4.78, 5) is 12.2. The fourth-order valence-electron chi connectivity index (χ4n) is 2.97. The number of carbonyl (C=O) groups excluding carboxylic acids is 1. The minimum atomic E-state index is -0.406. The van der Waals surface area contributed by atoms with Crippen LogP contribution in [0.2, 0.25) is 0 Å². The molecule has 2 N–H and O–H groups in total. The Kier molecular flexibility index (Phi) is 6.13. The molecule has 3 nitrogen and oxygen atoms in total. The molecule has 0 radical (unpaired) electrons. The zero-order valence-corrected chi connectivity index (χ0v) is 12.2. The third-order valence-corrected chi connectivity index (χ3v) is 4.57. The van der Waals surface area contributed by atoms with Crippen LogP contribution in [0.25, 0.3) is 0 Å². The van der Waals surface area contributed by atoms with Crippen LogP contribution >= 0.6 is 0 Å². The van der Waals surface area contributed by atoms with E-state index in [0.717, 1.165) is 38.5 Å². The Bertz CT molecular complexity index is 255. The van der Waals surface area contributed by atoms with Gasteiger partial charge in [-0.25, -0.2) is 0 Å². The molecule has 1 atom stereocenters. The fraction of sp³-hybridized carbons (Fsp3) is 0.933. The van der Waals surface area contributed by atoms with Crippen LogP contribution in [0, 0.1) is 11.3 Å². The molecule has 1 aliphatic carbocycles. The van der Waals surface area contributed by atoms with Crippen molar-refractivity contribution in [3.63, 3.8) is 0 Å². The van der Waals surface area contributed by atoms with E-state index < -0.39 is 6.10 Å². The van der Waals surface area contributed by atoms with Crippen molar-refractivity contribution in [1.82, 2.24) is 5.32 Å². The third-order valence-electron chi connectivity index (χ3n) is 4.57. The van der Waals surface area contributed by atoms with Crippen molar-refractivity contribution < 1.29 is 9.90 Å². The first-order valence-corrected chi connectivity index (χ1v) is 7.50. The molecule has 106 valence electrons. The smallest absolute Gasteiger partial charge is 0.226 e. The molecule has 1 aliphatic rings. The molecule has 0 saturated heterocycles. The SMILES string of the molecule is CCC(CC)C(O)CNC(=O)C1(C)CCCCC1. The highest BCUT2D eigenvalue weighted by Gasteiger charge is 2.34. The molecular weight excluding hydrogens is 226 g/mol. The lowest BCUT2D eigenvalue weighted by Gasteiger charge is -2.32. The molecule has 1 rings (SSSR count). The van der Waals surface area contributed by atoms with Crippen molar-refractivity contribution in [3.05, 3.63) is 0 Å². The number of nitrogens with one attached hydrogen (secondary N) is 1. The Morgan fingerprint density at radius 3 is 2.28 bits per heavy atom. The van der Waals surface area contributed by atoms with Crippen LogP contribution < -0.4 is 5.32 Å². The normalized spacial score (nSPS) is 20.7. The maximum atomic E-state index is 12.2. The molecule has 0 spiro atoms. The second-order valence-corrected chi connectivity index (χ2v) is 5.98. The van der Waals surface area contributed by atoms with E-state index in [9.17, 15) is 9.90 Å². The second-order valence-electron chi connectivity index (χ2n) is 5.98. The molecule has 1 amide bonds. The molecule has 1 unspecified atom stereocenters. The number of aliphatic hydroxyl groups is 1. The van der Waals surface area contributed by atoms with E-state index in [1.54, 1.807) is 0 Å². The number of rotatable bonds is 6. The van der Waals surface area contributed by atoms with Gasteiger partial charge in [0, 0.05) is 12.0 Å². The van der Waals surface area contributed by atoms with Gasteiger partial charge in [-0.15, -0.1) is 0 Å². The summed E-state index contributed by atoms with van der Waals surface area (Å²) in [7, 11) is 0. The number of amides is 1. The van der Waals surface area contributed by atoms with Crippen molar-refractivity contribution in [2.45, 2.75) is 71.8 Å². The summed E-state index contributed by atoms with van der Waals surface area (Å²) in [6.45, 7) is 6.63. The number of aliphatic hydroxyl groups excluding tert-OH is 1. The molecule has 0 aliphatic heterocycles. The lowest BCUT2D eigenvalue weighted by molar-refractivity contribution is -0.132. The van der Waals surface area contributed by atoms with Crippen LogP contribution in [0.3, 0.4) is 0 Å². The lowest BCUT2D eigenvalue weighted by atomic mass is 9.75. The molecule has 0 aromatic heterocycles. The molecule has 0 heterocycles. The molecule has 3 heteroatoms. The first-order valence-electron chi connectivity index (χ1n) is 7.50. The van der Waals surface area contributed by atoms with E-state index in [0.29, 0.717) is 12.5 Å². The van der Waals surface area contributed by atoms with Gasteiger partial charge in [0.2, 0.25) is 5.91 Å². The first kappa shape index (κ1) is 15.5. The largest absolute Gasteiger partial charge is 0.391 e. The fourth-order valence-corrected chi connectivity index (χ4v) is 2.97. The molecule has 18 heavy (non-hydrogen) atoms. The van der Waals surface area contributed by atoms with Gasteiger partial charge in [-0.1, -0.05) is 52.9 Å². The highest BCUT2D eigenvalue weighted by molar-refractivity contribution is 5.82. The summed E-state index contributed by atoms with van der Waals surface area (Å²) in [5.41, 5.74) is -0.202. The maximum Gasteiger partial charge on any atom is 0.226 e. The summed E-state index contributed by atoms with van der Waals surface area (Å²) in [5.74, 6) is 0.427. The quantitative estimate of drug-likeness (QED) is 0.766. The highest BCUT2D eigenvalue weighted by atomic mass is 16.3. The van der Waals surface area contributed by atoms with Crippen LogP contribution in [-0.4, -0.2) is 23.7 Å². The standard InChI is InChI=1S/C15H29NO2/c1-4-12(5-2)13(17)11-16-14(18)15(3)9-7-6-8-10-15/h12-13,17H,4-11H2,1-3H3,(H,16,18). The first-order chi connectivity index (χ1) is 8.53. The van der Waals surface area contributed by atoms with Crippen LogP contribution in [0.1, 0.15) is 65.7 Å². The number of hydrogen-bond acceptors (Lipinski definition) is 2. The highest BCUT2D eigenvalue weighted by Crippen LogP contribution is 2.35. The third kappa shape index (κ3) is 3.98. The summed E-state index contributed by atoms with van der Waals surface area (Å²) >= 11 is 0. The predicted octanol–water partition coefficient (Wildman–Crippen LogP) is 2.87. The zero-order chi connectivity index (χ0) is 13.6. The van der Waals surface area contributed by atoms with E-state index in [1.165, 1.54) is 6.42 Å². The van der Waals surface area contributed by atoms with Gasteiger partial charge >= 0.3 is 0 Å². The van der Waals surface area contributed by atoms with Crippen molar-refractivity contribution in [2.24, 2.45) is 11.3 Å². The van der Waals surface area contributed by atoms with E-state index in [4.69, 9.17) is 0 Å². The summed E-state index contributed by atoms with van der Waals surface area (Å²) in [6, 6.07) is 0. The molecule has 1 fully saturated rings. The summed E-state index contributed by atoms with van der Waals surface area (Å²) in [5, 5.41) is 13.0. The van der Waals surface area contributed by atoms with Crippen LogP contribution in [0.15, 0.2) is 0 Å². The zero-order valence-electron chi connectivity index (χ0n) is 12.2. The number of hydrogen-bond donors (Lipinski definition) is 2. The van der Waals surface area contributed by atoms with E-state index in [1.807, 2.05) is 0 Å². The average molecular weight is 255 g/mol. The van der Waals surface area contributed by atoms with Crippen molar-refractivity contribution >= 4 is 5.91 Å². The second kappa shape index (κ2) is 7.13. The van der Waals surface area contributed by atoms with Gasteiger partial charge < -0.3 is 10.4 Å². The van der Waals surface area contributed by atoms with E-state index >= 15 is 0 Å². The Morgan fingerprint density at radius 1 is 1.22 bits per heavy atom. The average Bonchev–Trinajstić information content (AvgIpc) is 2.38. The Balaban J connectivity index is 2.40. The van der Waals surface area contributed by atoms with Gasteiger partial charge in [-0.2, -0.15) is 0 Å². The van der Waals surface area contributed by atoms with Crippen LogP contribution in [-0.2, 0) is 4.79 Å². The van der Waals surface area contributed by atoms with E-state index in [-0.39, 0.29) is 11.3 Å². The minimum Gasteiger partial charge on any atom is -0.391 e. The molecular formula is C15H29NO2. The minimum absolute atomic E-state index is 0.132. The molecule has 0 bridgehead atoms. The topological polar surface area (TPSA) is 49.3 Å². The van der Waals surface area contributed by atoms with Crippen LogP contribution in [0.5, 0.6) is 0 Å². The maximum absolute atomic E-state index is 12.2. The number of carbonyl (C=O) groups is 1. The van der Waals surface area contributed by atoms with Crippen molar-refractivity contribution in [3.8, 4) is 0 Å². The Hall–Kier alpha value is -0.570. The van der Waals surface area contributed by atoms with Crippen molar-refractivity contribution in [2.75, 3.05) is 6.54 Å². The summed E-state index contributed by atoms with van der Waals surface area (Å²) < 4.78 is 0. The molecule has 1 saturated carbocycles. The van der Waals surface area contributed by atoms with E-state index in [2.05, 4.69) is 26.1 Å².